The van der Waals surface area contributed by atoms with E-state index in [0.29, 0.717) is 23.4 Å². The monoisotopic (exact) mass is 347 g/mol. The highest BCUT2D eigenvalue weighted by Gasteiger charge is 2.16. The van der Waals surface area contributed by atoms with Crippen LogP contribution in [0.15, 0.2) is 53.4 Å². The molecule has 2 rings (SSSR count). The van der Waals surface area contributed by atoms with Crippen molar-refractivity contribution in [1.82, 2.24) is 0 Å². The van der Waals surface area contributed by atoms with Crippen LogP contribution in [0.1, 0.15) is 19.8 Å². The summed E-state index contributed by atoms with van der Waals surface area (Å²) in [5, 5.41) is 5.27. The highest BCUT2D eigenvalue weighted by atomic mass is 32.2. The molecular weight excluding hydrogens is 326 g/mol. The molecule has 4 N–H and O–H groups in total. The van der Waals surface area contributed by atoms with Gasteiger partial charge >= 0.3 is 6.03 Å². The molecule has 0 spiro atoms. The second-order valence-electron chi connectivity index (χ2n) is 5.43. The summed E-state index contributed by atoms with van der Waals surface area (Å²) in [7, 11) is -3.82. The zero-order valence-electron chi connectivity index (χ0n) is 13.5. The fourth-order valence-corrected chi connectivity index (χ4v) is 3.22. The van der Waals surface area contributed by atoms with Crippen LogP contribution in [0.3, 0.4) is 0 Å². The molecule has 2 aromatic carbocycles. The van der Waals surface area contributed by atoms with Gasteiger partial charge in [0.25, 0.3) is 0 Å². The largest absolute Gasteiger partial charge is 0.351 e. The Kier molecular flexibility index (Phi) is 5.58. The molecule has 0 aromatic heterocycles. The fourth-order valence-electron chi connectivity index (χ4n) is 2.46. The summed E-state index contributed by atoms with van der Waals surface area (Å²) >= 11 is 0. The van der Waals surface area contributed by atoms with Crippen molar-refractivity contribution < 1.29 is 13.2 Å². The number of nitrogens with zero attached hydrogens (tertiary/aromatic N) is 1. The minimum Gasteiger partial charge on any atom is -0.351 e. The van der Waals surface area contributed by atoms with Crippen molar-refractivity contribution in [2.75, 3.05) is 11.4 Å². The molecule has 24 heavy (non-hydrogen) atoms. The first-order valence-corrected chi connectivity index (χ1v) is 9.18. The summed E-state index contributed by atoms with van der Waals surface area (Å²) < 4.78 is 23.4. The van der Waals surface area contributed by atoms with Gasteiger partial charge in [-0.05, 0) is 30.2 Å². The summed E-state index contributed by atoms with van der Waals surface area (Å²) in [6.45, 7) is 2.57. The quantitative estimate of drug-likeness (QED) is 0.839. The van der Waals surface area contributed by atoms with Gasteiger partial charge in [0.15, 0.2) is 0 Å². The molecule has 0 radical (unpaired) electrons. The SMILES string of the molecule is CCCCN(C(N)=O)c1ccc(-c2ccccc2S(N)(=O)=O)cc1. The number of rotatable bonds is 6. The van der Waals surface area contributed by atoms with Crippen LogP contribution in [0.2, 0.25) is 0 Å². The molecule has 0 fully saturated rings. The Balaban J connectivity index is 2.38. The number of anilines is 1. The first-order valence-electron chi connectivity index (χ1n) is 7.64. The Morgan fingerprint density at radius 2 is 1.71 bits per heavy atom. The van der Waals surface area contributed by atoms with E-state index in [4.69, 9.17) is 10.9 Å². The van der Waals surface area contributed by atoms with E-state index < -0.39 is 16.1 Å². The molecule has 0 saturated carbocycles. The molecule has 0 bridgehead atoms. The lowest BCUT2D eigenvalue weighted by Crippen LogP contribution is -2.36. The van der Waals surface area contributed by atoms with Crippen molar-refractivity contribution in [2.45, 2.75) is 24.7 Å². The lowest BCUT2D eigenvalue weighted by molar-refractivity contribution is 0.254. The minimum atomic E-state index is -3.82. The Morgan fingerprint density at radius 1 is 1.08 bits per heavy atom. The lowest BCUT2D eigenvalue weighted by atomic mass is 10.1. The second kappa shape index (κ2) is 7.46. The van der Waals surface area contributed by atoms with Gasteiger partial charge in [0.05, 0.1) is 4.90 Å². The lowest BCUT2D eigenvalue weighted by Gasteiger charge is -2.20. The number of hydrogen-bond acceptors (Lipinski definition) is 3. The normalized spacial score (nSPS) is 11.2. The molecule has 6 nitrogen and oxygen atoms in total. The van der Waals surface area contributed by atoms with Gasteiger partial charge in [0, 0.05) is 17.8 Å². The van der Waals surface area contributed by atoms with E-state index in [2.05, 4.69) is 0 Å². The summed E-state index contributed by atoms with van der Waals surface area (Å²) in [5.41, 5.74) is 7.32. The van der Waals surface area contributed by atoms with E-state index in [0.717, 1.165) is 12.8 Å². The molecule has 0 heterocycles. The second-order valence-corrected chi connectivity index (χ2v) is 6.96. The number of urea groups is 1. The molecular formula is C17H21N3O3S. The Bertz CT molecular complexity index is 817. The topological polar surface area (TPSA) is 106 Å². The third kappa shape index (κ3) is 4.12. The molecule has 2 aromatic rings. The highest BCUT2D eigenvalue weighted by molar-refractivity contribution is 7.89. The van der Waals surface area contributed by atoms with Gasteiger partial charge in [-0.3, -0.25) is 4.90 Å². The van der Waals surface area contributed by atoms with Crippen molar-refractivity contribution in [3.05, 3.63) is 48.5 Å². The molecule has 0 atom stereocenters. The number of carbonyl (C=O) groups is 1. The highest BCUT2D eigenvalue weighted by Crippen LogP contribution is 2.28. The van der Waals surface area contributed by atoms with E-state index in [1.807, 2.05) is 6.92 Å². The van der Waals surface area contributed by atoms with Crippen LogP contribution in [0.5, 0.6) is 0 Å². The maximum Gasteiger partial charge on any atom is 0.319 e. The van der Waals surface area contributed by atoms with E-state index in [9.17, 15) is 13.2 Å². The summed E-state index contributed by atoms with van der Waals surface area (Å²) in [5.74, 6) is 0. The Hall–Kier alpha value is -2.38. The van der Waals surface area contributed by atoms with E-state index in [1.54, 1.807) is 42.5 Å². The smallest absolute Gasteiger partial charge is 0.319 e. The van der Waals surface area contributed by atoms with E-state index in [-0.39, 0.29) is 4.90 Å². The van der Waals surface area contributed by atoms with E-state index in [1.165, 1.54) is 11.0 Å². The van der Waals surface area contributed by atoms with Gasteiger partial charge in [-0.25, -0.2) is 18.4 Å². The van der Waals surface area contributed by atoms with Crippen molar-refractivity contribution in [2.24, 2.45) is 10.9 Å². The predicted molar refractivity (Wildman–Crippen MR) is 95.1 cm³/mol. The van der Waals surface area contributed by atoms with Crippen molar-refractivity contribution in [1.29, 1.82) is 0 Å². The Labute approximate surface area is 142 Å². The molecule has 0 aliphatic heterocycles. The number of primary amides is 1. The van der Waals surface area contributed by atoms with Gasteiger partial charge in [-0.15, -0.1) is 0 Å². The van der Waals surface area contributed by atoms with Crippen LogP contribution in [-0.4, -0.2) is 21.0 Å². The third-order valence-electron chi connectivity index (χ3n) is 3.68. The van der Waals surface area contributed by atoms with Crippen molar-refractivity contribution in [3.8, 4) is 11.1 Å². The number of hydrogen-bond donors (Lipinski definition) is 2. The summed E-state index contributed by atoms with van der Waals surface area (Å²) in [4.78, 5) is 13.2. The number of unbranched alkanes of at least 4 members (excludes halogenated alkanes) is 1. The summed E-state index contributed by atoms with van der Waals surface area (Å²) in [6.07, 6.45) is 1.79. The third-order valence-corrected chi connectivity index (χ3v) is 4.65. The van der Waals surface area contributed by atoms with Crippen molar-refractivity contribution in [3.63, 3.8) is 0 Å². The van der Waals surface area contributed by atoms with Crippen LogP contribution < -0.4 is 15.8 Å². The average molecular weight is 347 g/mol. The molecule has 2 amide bonds. The van der Waals surface area contributed by atoms with Crippen LogP contribution in [-0.2, 0) is 10.0 Å². The first-order chi connectivity index (χ1) is 11.3. The van der Waals surface area contributed by atoms with Crippen LogP contribution in [0, 0.1) is 0 Å². The number of nitrogens with two attached hydrogens (primary N) is 2. The zero-order valence-corrected chi connectivity index (χ0v) is 14.3. The molecule has 0 aliphatic rings. The molecule has 128 valence electrons. The molecule has 0 saturated heterocycles. The molecule has 7 heteroatoms. The average Bonchev–Trinajstić information content (AvgIpc) is 2.55. The number of benzene rings is 2. The van der Waals surface area contributed by atoms with Crippen LogP contribution >= 0.6 is 0 Å². The van der Waals surface area contributed by atoms with Crippen LogP contribution in [0.4, 0.5) is 10.5 Å². The fraction of sp³-hybridized carbons (Fsp3) is 0.235. The van der Waals surface area contributed by atoms with Gasteiger partial charge < -0.3 is 5.73 Å². The number of carbonyl (C=O) groups excluding carboxylic acids is 1. The molecule has 0 unspecified atom stereocenters. The number of sulfonamides is 1. The van der Waals surface area contributed by atoms with Gasteiger partial charge in [0.2, 0.25) is 10.0 Å². The maximum atomic E-state index is 11.7. The number of amides is 2. The van der Waals surface area contributed by atoms with Gasteiger partial charge in [-0.1, -0.05) is 43.7 Å². The zero-order chi connectivity index (χ0) is 17.7. The summed E-state index contributed by atoms with van der Waals surface area (Å²) in [6, 6.07) is 13.0. The van der Waals surface area contributed by atoms with Gasteiger partial charge in [0.1, 0.15) is 0 Å². The Morgan fingerprint density at radius 3 is 2.25 bits per heavy atom. The maximum absolute atomic E-state index is 11.7. The standard InChI is InChI=1S/C17H21N3O3S/c1-2-3-12-20(17(18)21)14-10-8-13(9-11-14)15-6-4-5-7-16(15)24(19,22)23/h4-11H,2-3,12H2,1H3,(H2,18,21)(H2,19,22,23). The minimum absolute atomic E-state index is 0.0653. The first kappa shape index (κ1) is 18.0. The van der Waals surface area contributed by atoms with E-state index >= 15 is 0 Å². The molecule has 0 aliphatic carbocycles. The van der Waals surface area contributed by atoms with Crippen LogP contribution in [0.25, 0.3) is 11.1 Å². The van der Waals surface area contributed by atoms with Crippen molar-refractivity contribution >= 4 is 21.7 Å². The number of primary sulfonamides is 1. The van der Waals surface area contributed by atoms with Gasteiger partial charge in [-0.2, -0.15) is 0 Å². The predicted octanol–water partition coefficient (Wildman–Crippen LogP) is 2.69.